The molecule has 0 unspecified atom stereocenters. The fourth-order valence-electron chi connectivity index (χ4n) is 7.94. The number of hydrogen-bond acceptors (Lipinski definition) is 15. The summed E-state index contributed by atoms with van der Waals surface area (Å²) >= 11 is 0. The lowest BCUT2D eigenvalue weighted by atomic mass is 10.0. The van der Waals surface area contributed by atoms with E-state index in [1.54, 1.807) is 29.2 Å². The lowest BCUT2D eigenvalue weighted by molar-refractivity contribution is -0.0167. The summed E-state index contributed by atoms with van der Waals surface area (Å²) in [4.78, 5) is 55.0. The summed E-state index contributed by atoms with van der Waals surface area (Å²) in [6, 6.07) is 18.7. The first-order valence-electron chi connectivity index (χ1n) is 20.7. The molecule has 0 aliphatic carbocycles. The van der Waals surface area contributed by atoms with Crippen molar-refractivity contribution in [1.82, 2.24) is 30.0 Å². The Morgan fingerprint density at radius 3 is 2.30 bits per heavy atom. The minimum absolute atomic E-state index is 0.0397. The van der Waals surface area contributed by atoms with Crippen molar-refractivity contribution >= 4 is 23.7 Å². The van der Waals surface area contributed by atoms with Crippen LogP contribution in [-0.2, 0) is 43.3 Å². The number of carbonyl (C=O) groups is 3. The van der Waals surface area contributed by atoms with Gasteiger partial charge in [-0.25, -0.2) is 4.79 Å². The summed E-state index contributed by atoms with van der Waals surface area (Å²) in [7, 11) is 2.06. The number of imide groups is 1. The molecule has 2 saturated heterocycles. The molecule has 17 nitrogen and oxygen atoms in total. The largest absolute Gasteiger partial charge is 0.462 e. The number of likely N-dealkylation sites (N-methyl/N-ethyl adjacent to an activating group) is 1. The number of piperazine rings is 1. The summed E-state index contributed by atoms with van der Waals surface area (Å²) < 4.78 is 34.9. The van der Waals surface area contributed by atoms with Crippen molar-refractivity contribution in [3.8, 4) is 12.1 Å². The van der Waals surface area contributed by atoms with Gasteiger partial charge in [0.25, 0.3) is 11.8 Å². The van der Waals surface area contributed by atoms with Gasteiger partial charge in [0.2, 0.25) is 0 Å². The van der Waals surface area contributed by atoms with Crippen molar-refractivity contribution in [2.75, 3.05) is 104 Å². The molecule has 0 spiro atoms. The Bertz CT molecular complexity index is 1930. The standard InChI is InChI=1S/C43H54N8O9/c1-48-28-34(58-24-23-57-22-21-56-20-19-55-18-17-51-40(52)35-9-5-6-10-36(35)41(51)53)25-33(48)30-59-42-46-38-26-45-14-12-37(38)39(47-42)49-15-16-50(32(27-49)11-13-44)43(54)60-29-31-7-3-2-4-8-31/h2-10,32-34,45H,11-12,14-30H2,1H3/t32-,33-,34+/m0/s1. The zero-order valence-electron chi connectivity index (χ0n) is 34.2. The highest BCUT2D eigenvalue weighted by Gasteiger charge is 2.36. The van der Waals surface area contributed by atoms with Crippen LogP contribution < -0.4 is 15.0 Å². The van der Waals surface area contributed by atoms with Crippen LogP contribution in [-0.4, -0.2) is 160 Å². The zero-order chi connectivity index (χ0) is 41.7. The van der Waals surface area contributed by atoms with E-state index in [0.717, 1.165) is 48.6 Å². The van der Waals surface area contributed by atoms with Crippen LogP contribution in [0.3, 0.4) is 0 Å². The van der Waals surface area contributed by atoms with Crippen LogP contribution in [0.4, 0.5) is 10.6 Å². The average molecular weight is 827 g/mol. The van der Waals surface area contributed by atoms with E-state index in [4.69, 9.17) is 38.4 Å². The molecule has 7 rings (SSSR count). The van der Waals surface area contributed by atoms with Gasteiger partial charge in [-0.2, -0.15) is 15.2 Å². The number of benzene rings is 2. The molecule has 0 saturated carbocycles. The van der Waals surface area contributed by atoms with Crippen molar-refractivity contribution in [3.63, 3.8) is 0 Å². The lowest BCUT2D eigenvalue weighted by Crippen LogP contribution is -2.55. The lowest BCUT2D eigenvalue weighted by Gasteiger charge is -2.41. The molecule has 3 amide bonds. The second-order valence-corrected chi connectivity index (χ2v) is 15.2. The normalized spacial score (nSPS) is 20.3. The van der Waals surface area contributed by atoms with Crippen LogP contribution in [0.5, 0.6) is 6.01 Å². The van der Waals surface area contributed by atoms with Gasteiger partial charge in [0.05, 0.1) is 94.2 Å². The van der Waals surface area contributed by atoms with Gasteiger partial charge in [-0.1, -0.05) is 42.5 Å². The van der Waals surface area contributed by atoms with Crippen LogP contribution in [0.15, 0.2) is 54.6 Å². The van der Waals surface area contributed by atoms with Crippen molar-refractivity contribution < 1.29 is 42.8 Å². The first-order valence-corrected chi connectivity index (χ1v) is 20.7. The molecule has 2 fully saturated rings. The van der Waals surface area contributed by atoms with Crippen LogP contribution in [0.2, 0.25) is 0 Å². The predicted molar refractivity (Wildman–Crippen MR) is 218 cm³/mol. The number of ether oxygens (including phenoxy) is 6. The van der Waals surface area contributed by atoms with Crippen molar-refractivity contribution in [3.05, 3.63) is 82.5 Å². The smallest absolute Gasteiger partial charge is 0.410 e. The Balaban J connectivity index is 0.788. The van der Waals surface area contributed by atoms with Crippen LogP contribution in [0.1, 0.15) is 50.4 Å². The number of amides is 3. The second-order valence-electron chi connectivity index (χ2n) is 15.2. The Labute approximate surface area is 350 Å². The van der Waals surface area contributed by atoms with E-state index in [9.17, 15) is 19.6 Å². The van der Waals surface area contributed by atoms with Gasteiger partial charge in [0, 0.05) is 44.3 Å². The maximum absolute atomic E-state index is 13.1. The van der Waals surface area contributed by atoms with Gasteiger partial charge in [-0.15, -0.1) is 0 Å². The van der Waals surface area contributed by atoms with Gasteiger partial charge in [-0.05, 0) is 44.1 Å². The van der Waals surface area contributed by atoms with E-state index in [1.807, 2.05) is 30.3 Å². The van der Waals surface area contributed by atoms with Crippen LogP contribution in [0.25, 0.3) is 0 Å². The van der Waals surface area contributed by atoms with E-state index in [-0.39, 0.29) is 56.2 Å². The maximum atomic E-state index is 13.1. The Morgan fingerprint density at radius 2 is 1.57 bits per heavy atom. The summed E-state index contributed by atoms with van der Waals surface area (Å²) in [5, 5.41) is 13.1. The Kier molecular flexibility index (Phi) is 15.3. The number of nitrogens with zero attached hydrogens (tertiary/aromatic N) is 7. The zero-order valence-corrected chi connectivity index (χ0v) is 34.2. The fraction of sp³-hybridized carbons (Fsp3) is 0.535. The molecule has 3 atom stereocenters. The number of carbonyl (C=O) groups excluding carboxylic acids is 3. The number of anilines is 1. The molecular formula is C43H54N8O9. The van der Waals surface area contributed by atoms with Crippen LogP contribution in [0, 0.1) is 11.3 Å². The third-order valence-corrected chi connectivity index (χ3v) is 11.2. The predicted octanol–water partition coefficient (Wildman–Crippen LogP) is 2.68. The number of nitrogens with one attached hydrogen (secondary N) is 1. The molecule has 1 N–H and O–H groups in total. The number of fused-ring (bicyclic) bond motifs is 2. The van der Waals surface area contributed by atoms with Crippen molar-refractivity contribution in [1.29, 1.82) is 5.26 Å². The Hall–Kier alpha value is -5.22. The quantitative estimate of drug-likeness (QED) is 0.130. The van der Waals surface area contributed by atoms with Gasteiger partial charge in [0.15, 0.2) is 0 Å². The highest BCUT2D eigenvalue weighted by Crippen LogP contribution is 2.30. The van der Waals surface area contributed by atoms with Gasteiger partial charge in [-0.3, -0.25) is 19.4 Å². The molecular weight excluding hydrogens is 773 g/mol. The van der Waals surface area contributed by atoms with Gasteiger partial charge in [0.1, 0.15) is 19.0 Å². The molecule has 2 aromatic carbocycles. The van der Waals surface area contributed by atoms with Crippen LogP contribution >= 0.6 is 0 Å². The molecule has 320 valence electrons. The van der Waals surface area contributed by atoms with E-state index < -0.39 is 6.09 Å². The third kappa shape index (κ3) is 10.9. The number of likely N-dealkylation sites (tertiary alicyclic amines) is 1. The summed E-state index contributed by atoms with van der Waals surface area (Å²) in [5.41, 5.74) is 3.75. The molecule has 0 radical (unpaired) electrons. The number of rotatable bonds is 20. The van der Waals surface area contributed by atoms with Crippen molar-refractivity contribution in [2.24, 2.45) is 0 Å². The number of aromatic nitrogens is 2. The van der Waals surface area contributed by atoms with E-state index >= 15 is 0 Å². The first kappa shape index (κ1) is 42.9. The summed E-state index contributed by atoms with van der Waals surface area (Å²) in [5.74, 6) is 0.229. The second kappa shape index (κ2) is 21.3. The first-order chi connectivity index (χ1) is 29.4. The third-order valence-electron chi connectivity index (χ3n) is 11.2. The average Bonchev–Trinajstić information content (AvgIpc) is 3.75. The van der Waals surface area contributed by atoms with E-state index in [0.29, 0.717) is 89.6 Å². The number of hydrogen-bond donors (Lipinski definition) is 1. The fourth-order valence-corrected chi connectivity index (χ4v) is 7.94. The molecule has 1 aromatic heterocycles. The molecule has 60 heavy (non-hydrogen) atoms. The van der Waals surface area contributed by atoms with E-state index in [1.165, 1.54) is 4.90 Å². The van der Waals surface area contributed by atoms with Gasteiger partial charge >= 0.3 is 12.1 Å². The molecule has 5 heterocycles. The summed E-state index contributed by atoms with van der Waals surface area (Å²) in [6.45, 7) is 7.08. The molecule has 3 aromatic rings. The molecule has 4 aliphatic heterocycles. The number of nitriles is 1. The van der Waals surface area contributed by atoms with Gasteiger partial charge < -0.3 is 43.5 Å². The SMILES string of the molecule is CN1C[C@H](OCCOCCOCCOCCN2C(=O)c3ccccc3C2=O)C[C@H]1COc1nc2c(c(N3CCN(C(=O)OCc4ccccc4)[C@@H](CC#N)C3)n1)CCNC2. The minimum Gasteiger partial charge on any atom is -0.462 e. The molecule has 4 aliphatic rings. The Morgan fingerprint density at radius 1 is 0.867 bits per heavy atom. The topological polar surface area (TPSA) is 181 Å². The minimum atomic E-state index is -0.421. The molecule has 0 bridgehead atoms. The van der Waals surface area contributed by atoms with Crippen molar-refractivity contribution in [2.45, 2.75) is 50.6 Å². The highest BCUT2D eigenvalue weighted by atomic mass is 16.6. The highest BCUT2D eigenvalue weighted by molar-refractivity contribution is 6.21. The van der Waals surface area contributed by atoms with E-state index in [2.05, 4.69) is 28.2 Å². The molecule has 17 heteroatoms. The maximum Gasteiger partial charge on any atom is 0.410 e. The summed E-state index contributed by atoms with van der Waals surface area (Å²) in [6.07, 6.45) is 1.36. The monoisotopic (exact) mass is 826 g/mol.